The number of aliphatic carboxylic acids is 1. The van der Waals surface area contributed by atoms with Gasteiger partial charge in [-0.2, -0.15) is 0 Å². The highest BCUT2D eigenvalue weighted by Crippen LogP contribution is 2.29. The summed E-state index contributed by atoms with van der Waals surface area (Å²) in [5, 5.41) is 11.4. The SMILES string of the molecule is CC(CNC(=O)c1ccc2c(c1)CCCN2S(C)(=O)=O)CC(=O)O. The number of aryl methyl sites for hydroxylation is 1. The van der Waals surface area contributed by atoms with E-state index >= 15 is 0 Å². The van der Waals surface area contributed by atoms with Gasteiger partial charge in [0.05, 0.1) is 11.9 Å². The third-order valence-electron chi connectivity index (χ3n) is 3.95. The lowest BCUT2D eigenvalue weighted by Crippen LogP contribution is -2.35. The lowest BCUT2D eigenvalue weighted by atomic mass is 10.0. The molecule has 0 saturated carbocycles. The molecule has 2 N–H and O–H groups in total. The van der Waals surface area contributed by atoms with Crippen molar-refractivity contribution in [2.24, 2.45) is 5.92 Å². The largest absolute Gasteiger partial charge is 0.481 e. The van der Waals surface area contributed by atoms with Gasteiger partial charge in [-0.05, 0) is 42.5 Å². The average Bonchev–Trinajstić information content (AvgIpc) is 2.49. The predicted octanol–water partition coefficient (Wildman–Crippen LogP) is 1.24. The highest BCUT2D eigenvalue weighted by atomic mass is 32.2. The highest BCUT2D eigenvalue weighted by Gasteiger charge is 2.24. The number of fused-ring (bicyclic) bond motifs is 1. The molecule has 24 heavy (non-hydrogen) atoms. The number of carbonyl (C=O) groups is 2. The number of amides is 1. The van der Waals surface area contributed by atoms with E-state index in [1.165, 1.54) is 10.6 Å². The van der Waals surface area contributed by atoms with Crippen LogP contribution in [-0.4, -0.2) is 44.7 Å². The first-order valence-corrected chi connectivity index (χ1v) is 9.64. The monoisotopic (exact) mass is 354 g/mol. The first kappa shape index (κ1) is 18.3. The Morgan fingerprint density at radius 1 is 1.38 bits per heavy atom. The Balaban J connectivity index is 2.11. The summed E-state index contributed by atoms with van der Waals surface area (Å²) in [4.78, 5) is 22.8. The molecule has 0 fully saturated rings. The number of nitrogens with one attached hydrogen (secondary N) is 1. The van der Waals surface area contributed by atoms with Crippen molar-refractivity contribution < 1.29 is 23.1 Å². The molecule has 8 heteroatoms. The van der Waals surface area contributed by atoms with E-state index in [9.17, 15) is 18.0 Å². The van der Waals surface area contributed by atoms with Gasteiger partial charge in [0, 0.05) is 25.1 Å². The van der Waals surface area contributed by atoms with Crippen LogP contribution in [0.3, 0.4) is 0 Å². The second kappa shape index (κ2) is 7.21. The molecule has 0 saturated heterocycles. The summed E-state index contributed by atoms with van der Waals surface area (Å²) in [5.41, 5.74) is 1.91. The van der Waals surface area contributed by atoms with Crippen molar-refractivity contribution >= 4 is 27.6 Å². The Morgan fingerprint density at radius 3 is 2.71 bits per heavy atom. The maximum Gasteiger partial charge on any atom is 0.303 e. The number of rotatable bonds is 6. The van der Waals surface area contributed by atoms with Crippen LogP contribution in [0.25, 0.3) is 0 Å². The zero-order valence-corrected chi connectivity index (χ0v) is 14.6. The Bertz CT molecular complexity index is 745. The summed E-state index contributed by atoms with van der Waals surface area (Å²) >= 11 is 0. The molecule has 1 amide bonds. The lowest BCUT2D eigenvalue weighted by molar-refractivity contribution is -0.137. The van der Waals surface area contributed by atoms with E-state index in [-0.39, 0.29) is 24.8 Å². The minimum atomic E-state index is -3.33. The second-order valence-electron chi connectivity index (χ2n) is 6.20. The Kier molecular flexibility index (Phi) is 5.48. The van der Waals surface area contributed by atoms with Crippen LogP contribution >= 0.6 is 0 Å². The van der Waals surface area contributed by atoms with Crippen LogP contribution in [0.1, 0.15) is 35.7 Å². The molecule has 0 aliphatic carbocycles. The Morgan fingerprint density at radius 2 is 2.08 bits per heavy atom. The Hall–Kier alpha value is -2.09. The zero-order chi connectivity index (χ0) is 17.9. The van der Waals surface area contributed by atoms with Crippen molar-refractivity contribution in [3.05, 3.63) is 29.3 Å². The van der Waals surface area contributed by atoms with Gasteiger partial charge >= 0.3 is 5.97 Å². The summed E-state index contributed by atoms with van der Waals surface area (Å²) in [6.07, 6.45) is 2.60. The van der Waals surface area contributed by atoms with Gasteiger partial charge < -0.3 is 10.4 Å². The molecule has 0 spiro atoms. The lowest BCUT2D eigenvalue weighted by Gasteiger charge is -2.29. The molecule has 1 unspecified atom stereocenters. The third kappa shape index (κ3) is 4.47. The van der Waals surface area contributed by atoms with Crippen LogP contribution in [0.5, 0.6) is 0 Å². The van der Waals surface area contributed by atoms with Gasteiger partial charge in [0.15, 0.2) is 0 Å². The minimum absolute atomic E-state index is 0.00616. The van der Waals surface area contributed by atoms with Crippen molar-refractivity contribution in [1.82, 2.24) is 5.32 Å². The smallest absolute Gasteiger partial charge is 0.303 e. The predicted molar refractivity (Wildman–Crippen MR) is 90.7 cm³/mol. The zero-order valence-electron chi connectivity index (χ0n) is 13.8. The molecule has 0 aromatic heterocycles. The number of sulfonamides is 1. The van der Waals surface area contributed by atoms with Crippen LogP contribution < -0.4 is 9.62 Å². The van der Waals surface area contributed by atoms with Crippen molar-refractivity contribution in [3.63, 3.8) is 0 Å². The van der Waals surface area contributed by atoms with Crippen molar-refractivity contribution in [2.75, 3.05) is 23.7 Å². The van der Waals surface area contributed by atoms with E-state index in [4.69, 9.17) is 5.11 Å². The van der Waals surface area contributed by atoms with Crippen LogP contribution in [0, 0.1) is 5.92 Å². The molecule has 1 aliphatic rings. The van der Waals surface area contributed by atoms with Crippen molar-refractivity contribution in [1.29, 1.82) is 0 Å². The fourth-order valence-electron chi connectivity index (χ4n) is 2.79. The number of anilines is 1. The van der Waals surface area contributed by atoms with Crippen molar-refractivity contribution in [3.8, 4) is 0 Å². The standard InChI is InChI=1S/C16H22N2O5S/c1-11(8-15(19)20)10-17-16(21)13-5-6-14-12(9-13)4-3-7-18(14)24(2,22)23/h5-6,9,11H,3-4,7-8,10H2,1-2H3,(H,17,21)(H,19,20). The van der Waals surface area contributed by atoms with Gasteiger partial charge in [-0.25, -0.2) is 8.42 Å². The number of hydrogen-bond donors (Lipinski definition) is 2. The van der Waals surface area contributed by atoms with Gasteiger partial charge in [-0.1, -0.05) is 6.92 Å². The third-order valence-corrected chi connectivity index (χ3v) is 5.13. The molecule has 1 aromatic carbocycles. The summed E-state index contributed by atoms with van der Waals surface area (Å²) in [6.45, 7) is 2.48. The number of benzene rings is 1. The van der Waals surface area contributed by atoms with E-state index in [0.717, 1.165) is 12.0 Å². The van der Waals surface area contributed by atoms with E-state index in [2.05, 4.69) is 5.32 Å². The molecule has 1 atom stereocenters. The number of carboxylic acids is 1. The number of nitrogens with zero attached hydrogens (tertiary/aromatic N) is 1. The second-order valence-corrected chi connectivity index (χ2v) is 8.10. The van der Waals surface area contributed by atoms with Crippen molar-refractivity contribution in [2.45, 2.75) is 26.2 Å². The summed E-state index contributed by atoms with van der Waals surface area (Å²) in [7, 11) is -3.33. The van der Waals surface area contributed by atoms with E-state index in [1.807, 2.05) is 0 Å². The number of carbonyl (C=O) groups excluding carboxylic acids is 1. The Labute approximate surface area is 141 Å². The highest BCUT2D eigenvalue weighted by molar-refractivity contribution is 7.92. The minimum Gasteiger partial charge on any atom is -0.481 e. The molecular formula is C16H22N2O5S. The maximum atomic E-state index is 12.2. The molecule has 2 rings (SSSR count). The van der Waals surface area contributed by atoms with Gasteiger partial charge in [0.1, 0.15) is 0 Å². The molecule has 1 aromatic rings. The normalized spacial score (nSPS) is 15.5. The topological polar surface area (TPSA) is 104 Å². The van der Waals surface area contributed by atoms with E-state index in [1.54, 1.807) is 25.1 Å². The van der Waals surface area contributed by atoms with Gasteiger partial charge in [-0.15, -0.1) is 0 Å². The first-order chi connectivity index (χ1) is 11.2. The molecular weight excluding hydrogens is 332 g/mol. The fraction of sp³-hybridized carbons (Fsp3) is 0.500. The van der Waals surface area contributed by atoms with Crippen LogP contribution in [0.15, 0.2) is 18.2 Å². The van der Waals surface area contributed by atoms with Crippen LogP contribution in [0.2, 0.25) is 0 Å². The average molecular weight is 354 g/mol. The summed E-state index contributed by atoms with van der Waals surface area (Å²) < 4.78 is 25.0. The first-order valence-electron chi connectivity index (χ1n) is 7.79. The summed E-state index contributed by atoms with van der Waals surface area (Å²) in [5.74, 6) is -1.34. The van der Waals surface area contributed by atoms with Gasteiger partial charge in [-0.3, -0.25) is 13.9 Å². The summed E-state index contributed by atoms with van der Waals surface area (Å²) in [6, 6.07) is 4.97. The van der Waals surface area contributed by atoms with Gasteiger partial charge in [0.25, 0.3) is 5.91 Å². The van der Waals surface area contributed by atoms with Crippen LogP contribution in [0.4, 0.5) is 5.69 Å². The molecule has 1 aliphatic heterocycles. The van der Waals surface area contributed by atoms with E-state index < -0.39 is 16.0 Å². The molecule has 0 bridgehead atoms. The van der Waals surface area contributed by atoms with Crippen LogP contribution in [-0.2, 0) is 21.2 Å². The molecule has 1 heterocycles. The van der Waals surface area contributed by atoms with Gasteiger partial charge in [0.2, 0.25) is 10.0 Å². The molecule has 0 radical (unpaired) electrons. The fourth-order valence-corrected chi connectivity index (χ4v) is 3.78. The molecule has 132 valence electrons. The quantitative estimate of drug-likeness (QED) is 0.800. The van der Waals surface area contributed by atoms with E-state index in [0.29, 0.717) is 24.2 Å². The number of hydrogen-bond acceptors (Lipinski definition) is 4. The maximum absolute atomic E-state index is 12.2. The molecule has 7 nitrogen and oxygen atoms in total. The number of carboxylic acid groups (broad SMARTS) is 1.